The predicted molar refractivity (Wildman–Crippen MR) is 69.5 cm³/mol. The molecular weight excluding hydrogens is 230 g/mol. The third-order valence-corrected chi connectivity index (χ3v) is 3.09. The lowest BCUT2D eigenvalue weighted by Gasteiger charge is -2.08. The van der Waals surface area contributed by atoms with Crippen LogP contribution in [-0.2, 0) is 0 Å². The molecule has 1 aliphatic rings. The van der Waals surface area contributed by atoms with Gasteiger partial charge >= 0.3 is 0 Å². The number of rotatable bonds is 7. The maximum atomic E-state index is 12.0. The number of hydrogen-bond donors (Lipinski definition) is 1. The summed E-state index contributed by atoms with van der Waals surface area (Å²) in [5.41, 5.74) is 0.620. The van der Waals surface area contributed by atoms with Crippen LogP contribution < -0.4 is 14.8 Å². The summed E-state index contributed by atoms with van der Waals surface area (Å²) >= 11 is 0. The van der Waals surface area contributed by atoms with Crippen LogP contribution in [0, 0.1) is 5.92 Å². The Kier molecular flexibility index (Phi) is 4.20. The fraction of sp³-hybridized carbons (Fsp3) is 0.500. The normalized spacial score (nSPS) is 14.3. The molecule has 1 saturated carbocycles. The van der Waals surface area contributed by atoms with Gasteiger partial charge in [-0.1, -0.05) is 0 Å². The van der Waals surface area contributed by atoms with Crippen molar-refractivity contribution in [1.29, 1.82) is 0 Å². The van der Waals surface area contributed by atoms with Crippen molar-refractivity contribution in [2.45, 2.75) is 12.8 Å². The van der Waals surface area contributed by atoms with E-state index in [1.54, 1.807) is 32.4 Å². The van der Waals surface area contributed by atoms with Gasteiger partial charge in [0.15, 0.2) is 5.78 Å². The number of Topliss-reactive ketones (excluding diaryl/α,β-unsaturated/α-hetero) is 1. The monoisotopic (exact) mass is 249 g/mol. The van der Waals surface area contributed by atoms with Gasteiger partial charge in [-0.3, -0.25) is 4.79 Å². The van der Waals surface area contributed by atoms with Gasteiger partial charge in [-0.15, -0.1) is 0 Å². The minimum absolute atomic E-state index is 0.0628. The first-order valence-corrected chi connectivity index (χ1v) is 6.20. The maximum absolute atomic E-state index is 12.0. The molecule has 0 aliphatic heterocycles. The van der Waals surface area contributed by atoms with Gasteiger partial charge < -0.3 is 14.8 Å². The highest BCUT2D eigenvalue weighted by Crippen LogP contribution is 2.27. The zero-order chi connectivity index (χ0) is 13.0. The first-order chi connectivity index (χ1) is 8.72. The third-order valence-electron chi connectivity index (χ3n) is 3.09. The van der Waals surface area contributed by atoms with Gasteiger partial charge in [0.25, 0.3) is 0 Å². The van der Waals surface area contributed by atoms with Crippen molar-refractivity contribution in [2.24, 2.45) is 5.92 Å². The van der Waals surface area contributed by atoms with Crippen molar-refractivity contribution in [2.75, 3.05) is 27.3 Å². The van der Waals surface area contributed by atoms with Crippen molar-refractivity contribution in [3.8, 4) is 11.5 Å². The van der Waals surface area contributed by atoms with Crippen molar-refractivity contribution in [1.82, 2.24) is 5.32 Å². The molecule has 0 radical (unpaired) electrons. The molecule has 0 unspecified atom stereocenters. The van der Waals surface area contributed by atoms with E-state index in [0.717, 1.165) is 12.5 Å². The molecule has 2 rings (SSSR count). The quantitative estimate of drug-likeness (QED) is 0.750. The van der Waals surface area contributed by atoms with Crippen LogP contribution in [0.25, 0.3) is 0 Å². The largest absolute Gasteiger partial charge is 0.497 e. The minimum Gasteiger partial charge on any atom is -0.497 e. The average Bonchev–Trinajstić information content (AvgIpc) is 3.22. The van der Waals surface area contributed by atoms with E-state index in [0.29, 0.717) is 23.6 Å². The molecule has 0 spiro atoms. The van der Waals surface area contributed by atoms with Gasteiger partial charge in [-0.25, -0.2) is 0 Å². The molecule has 98 valence electrons. The molecule has 1 aliphatic carbocycles. The van der Waals surface area contributed by atoms with E-state index in [-0.39, 0.29) is 5.78 Å². The van der Waals surface area contributed by atoms with Crippen LogP contribution in [0.1, 0.15) is 23.2 Å². The lowest BCUT2D eigenvalue weighted by Crippen LogP contribution is -2.25. The summed E-state index contributed by atoms with van der Waals surface area (Å²) in [5, 5.41) is 3.19. The van der Waals surface area contributed by atoms with E-state index >= 15 is 0 Å². The number of ether oxygens (including phenoxy) is 2. The summed E-state index contributed by atoms with van der Waals surface area (Å²) in [6.07, 6.45) is 2.57. The summed E-state index contributed by atoms with van der Waals surface area (Å²) in [6.45, 7) is 1.31. The summed E-state index contributed by atoms with van der Waals surface area (Å²) in [7, 11) is 3.16. The van der Waals surface area contributed by atoms with Crippen molar-refractivity contribution in [3.05, 3.63) is 23.8 Å². The fourth-order valence-electron chi connectivity index (χ4n) is 1.78. The number of nitrogens with one attached hydrogen (secondary N) is 1. The van der Waals surface area contributed by atoms with Crippen molar-refractivity contribution in [3.63, 3.8) is 0 Å². The molecule has 18 heavy (non-hydrogen) atoms. The summed E-state index contributed by atoms with van der Waals surface area (Å²) in [6, 6.07) is 5.24. The fourth-order valence-corrected chi connectivity index (χ4v) is 1.78. The van der Waals surface area contributed by atoms with E-state index in [4.69, 9.17) is 9.47 Å². The topological polar surface area (TPSA) is 47.6 Å². The molecule has 1 N–H and O–H groups in total. The molecule has 0 aromatic heterocycles. The maximum Gasteiger partial charge on any atom is 0.176 e. The molecule has 0 saturated heterocycles. The molecule has 0 heterocycles. The van der Waals surface area contributed by atoms with E-state index in [9.17, 15) is 4.79 Å². The Balaban J connectivity index is 1.98. The Morgan fingerprint density at radius 2 is 1.83 bits per heavy atom. The SMILES string of the molecule is COc1cc(OC)cc(C(=O)CNCC2CC2)c1. The van der Waals surface area contributed by atoms with Crippen LogP contribution in [0.2, 0.25) is 0 Å². The lowest BCUT2D eigenvalue weighted by molar-refractivity contribution is 0.0990. The van der Waals surface area contributed by atoms with Gasteiger partial charge in [-0.2, -0.15) is 0 Å². The van der Waals surface area contributed by atoms with Gasteiger partial charge in [-0.05, 0) is 37.4 Å². The van der Waals surface area contributed by atoms with Crippen molar-refractivity contribution < 1.29 is 14.3 Å². The van der Waals surface area contributed by atoms with Crippen LogP contribution in [0.3, 0.4) is 0 Å². The number of carbonyl (C=O) groups is 1. The van der Waals surface area contributed by atoms with Crippen LogP contribution in [0.15, 0.2) is 18.2 Å². The van der Waals surface area contributed by atoms with Gasteiger partial charge in [0, 0.05) is 11.6 Å². The summed E-state index contributed by atoms with van der Waals surface area (Å²) in [4.78, 5) is 12.0. The van der Waals surface area contributed by atoms with E-state index in [2.05, 4.69) is 5.32 Å². The summed E-state index contributed by atoms with van der Waals surface area (Å²) < 4.78 is 10.3. The first kappa shape index (κ1) is 12.9. The molecule has 0 amide bonds. The number of hydrogen-bond acceptors (Lipinski definition) is 4. The zero-order valence-corrected chi connectivity index (χ0v) is 10.9. The first-order valence-electron chi connectivity index (χ1n) is 6.20. The van der Waals surface area contributed by atoms with Crippen LogP contribution in [0.4, 0.5) is 0 Å². The Morgan fingerprint density at radius 1 is 1.22 bits per heavy atom. The van der Waals surface area contributed by atoms with E-state index in [1.807, 2.05) is 0 Å². The standard InChI is InChI=1S/C14H19NO3/c1-17-12-5-11(6-13(7-12)18-2)14(16)9-15-8-10-3-4-10/h5-7,10,15H,3-4,8-9H2,1-2H3. The molecule has 1 fully saturated rings. The Labute approximate surface area is 107 Å². The smallest absolute Gasteiger partial charge is 0.176 e. The second kappa shape index (κ2) is 5.87. The van der Waals surface area contributed by atoms with Crippen molar-refractivity contribution >= 4 is 5.78 Å². The molecular formula is C14H19NO3. The number of methoxy groups -OCH3 is 2. The highest BCUT2D eigenvalue weighted by atomic mass is 16.5. The second-order valence-electron chi connectivity index (χ2n) is 4.60. The van der Waals surface area contributed by atoms with Crippen LogP contribution >= 0.6 is 0 Å². The number of carbonyl (C=O) groups excluding carboxylic acids is 1. The Bertz CT molecular complexity index is 405. The Morgan fingerprint density at radius 3 is 2.33 bits per heavy atom. The van der Waals surface area contributed by atoms with E-state index < -0.39 is 0 Å². The van der Waals surface area contributed by atoms with Gasteiger partial charge in [0.2, 0.25) is 0 Å². The molecule has 0 bridgehead atoms. The zero-order valence-electron chi connectivity index (χ0n) is 10.9. The molecule has 1 aromatic rings. The second-order valence-corrected chi connectivity index (χ2v) is 4.60. The molecule has 4 heteroatoms. The molecule has 1 aromatic carbocycles. The molecule has 0 atom stereocenters. The highest BCUT2D eigenvalue weighted by molar-refractivity contribution is 5.98. The highest BCUT2D eigenvalue weighted by Gasteiger charge is 2.20. The van der Waals surface area contributed by atoms with Gasteiger partial charge in [0.05, 0.1) is 20.8 Å². The third kappa shape index (κ3) is 3.47. The number of benzene rings is 1. The summed E-state index contributed by atoms with van der Waals surface area (Å²) in [5.74, 6) is 2.12. The van der Waals surface area contributed by atoms with E-state index in [1.165, 1.54) is 12.8 Å². The number of ketones is 1. The lowest BCUT2D eigenvalue weighted by atomic mass is 10.1. The van der Waals surface area contributed by atoms with Gasteiger partial charge in [0.1, 0.15) is 11.5 Å². The van der Waals surface area contributed by atoms with Crippen LogP contribution in [-0.4, -0.2) is 33.1 Å². The predicted octanol–water partition coefficient (Wildman–Crippen LogP) is 1.89. The average molecular weight is 249 g/mol. The van der Waals surface area contributed by atoms with Crippen LogP contribution in [0.5, 0.6) is 11.5 Å². The minimum atomic E-state index is 0.0628. The Hall–Kier alpha value is -1.55. The molecule has 4 nitrogen and oxygen atoms in total.